The van der Waals surface area contributed by atoms with Crippen LogP contribution in [0.2, 0.25) is 10.0 Å². The summed E-state index contributed by atoms with van der Waals surface area (Å²) in [5.41, 5.74) is 2.51. The Bertz CT molecular complexity index is 1120. The summed E-state index contributed by atoms with van der Waals surface area (Å²) in [5, 5.41) is 5.07. The second-order valence-corrected chi connectivity index (χ2v) is 8.06. The standard InChI is InChI=1S/C24H19Cl2FN2O2/c25-20-11-10-17(12-21(20)26)23-13-18(31-28-23)15-29(14-16-6-2-1-3-7-16)24(30)19-8-4-5-9-22(19)27/h1-12,18H,13-15H2. The Hall–Kier alpha value is -2.89. The molecule has 3 aromatic carbocycles. The zero-order valence-electron chi connectivity index (χ0n) is 16.5. The predicted molar refractivity (Wildman–Crippen MR) is 120 cm³/mol. The molecule has 7 heteroatoms. The van der Waals surface area contributed by atoms with Crippen LogP contribution in [0.1, 0.15) is 27.9 Å². The number of benzene rings is 3. The van der Waals surface area contributed by atoms with Crippen molar-refractivity contribution in [3.63, 3.8) is 0 Å². The van der Waals surface area contributed by atoms with Crippen LogP contribution in [0.5, 0.6) is 0 Å². The minimum absolute atomic E-state index is 0.0297. The van der Waals surface area contributed by atoms with Gasteiger partial charge in [-0.3, -0.25) is 4.79 Å². The molecule has 0 spiro atoms. The van der Waals surface area contributed by atoms with E-state index in [1.807, 2.05) is 36.4 Å². The molecule has 1 unspecified atom stereocenters. The summed E-state index contributed by atoms with van der Waals surface area (Å²) in [7, 11) is 0. The lowest BCUT2D eigenvalue weighted by atomic mass is 10.0. The van der Waals surface area contributed by atoms with E-state index in [0.717, 1.165) is 16.8 Å². The quantitative estimate of drug-likeness (QED) is 0.458. The molecule has 0 aromatic heterocycles. The third-order valence-corrected chi connectivity index (χ3v) is 5.76. The number of halogens is 3. The van der Waals surface area contributed by atoms with Crippen LogP contribution in [0.25, 0.3) is 0 Å². The summed E-state index contributed by atoms with van der Waals surface area (Å²) < 4.78 is 14.3. The van der Waals surface area contributed by atoms with Gasteiger partial charge in [-0.2, -0.15) is 0 Å². The smallest absolute Gasteiger partial charge is 0.257 e. The van der Waals surface area contributed by atoms with Crippen LogP contribution in [0.15, 0.2) is 78.0 Å². The highest BCUT2D eigenvalue weighted by atomic mass is 35.5. The van der Waals surface area contributed by atoms with Crippen molar-refractivity contribution in [2.24, 2.45) is 5.16 Å². The Morgan fingerprint density at radius 2 is 1.77 bits per heavy atom. The van der Waals surface area contributed by atoms with Gasteiger partial charge < -0.3 is 9.74 Å². The number of hydrogen-bond donors (Lipinski definition) is 0. The fourth-order valence-electron chi connectivity index (χ4n) is 3.45. The van der Waals surface area contributed by atoms with E-state index in [9.17, 15) is 9.18 Å². The molecule has 0 radical (unpaired) electrons. The maximum Gasteiger partial charge on any atom is 0.257 e. The molecule has 3 aromatic rings. The van der Waals surface area contributed by atoms with Gasteiger partial charge in [0.05, 0.1) is 27.9 Å². The molecule has 4 rings (SSSR count). The summed E-state index contributed by atoms with van der Waals surface area (Å²) in [5.74, 6) is -0.945. The van der Waals surface area contributed by atoms with E-state index in [4.69, 9.17) is 28.0 Å². The van der Waals surface area contributed by atoms with Crippen LogP contribution >= 0.6 is 23.2 Å². The van der Waals surface area contributed by atoms with Gasteiger partial charge in [0.25, 0.3) is 5.91 Å². The minimum atomic E-state index is -0.550. The minimum Gasteiger partial charge on any atom is -0.390 e. The number of hydrogen-bond acceptors (Lipinski definition) is 3. The molecule has 0 bridgehead atoms. The third kappa shape index (κ3) is 5.06. The molecular formula is C24H19Cl2FN2O2. The van der Waals surface area contributed by atoms with Crippen molar-refractivity contribution in [3.8, 4) is 0 Å². The normalized spacial score (nSPS) is 15.3. The lowest BCUT2D eigenvalue weighted by molar-refractivity contribution is 0.0402. The molecular weight excluding hydrogens is 438 g/mol. The first kappa shape index (κ1) is 21.3. The van der Waals surface area contributed by atoms with Gasteiger partial charge in [-0.25, -0.2) is 4.39 Å². The van der Waals surface area contributed by atoms with Gasteiger partial charge >= 0.3 is 0 Å². The molecule has 158 valence electrons. The van der Waals surface area contributed by atoms with Crippen molar-refractivity contribution in [3.05, 3.63) is 105 Å². The fraction of sp³-hybridized carbons (Fsp3) is 0.167. The van der Waals surface area contributed by atoms with Gasteiger partial charge in [0, 0.05) is 18.5 Å². The monoisotopic (exact) mass is 456 g/mol. The van der Waals surface area contributed by atoms with Crippen LogP contribution < -0.4 is 0 Å². The van der Waals surface area contributed by atoms with Crippen LogP contribution in [0, 0.1) is 5.82 Å². The Morgan fingerprint density at radius 1 is 1.03 bits per heavy atom. The van der Waals surface area contributed by atoms with E-state index in [2.05, 4.69) is 5.16 Å². The van der Waals surface area contributed by atoms with Gasteiger partial charge in [-0.15, -0.1) is 0 Å². The maximum atomic E-state index is 14.3. The van der Waals surface area contributed by atoms with Gasteiger partial charge in [-0.05, 0) is 29.8 Å². The Balaban J connectivity index is 1.52. The average Bonchev–Trinajstić information content (AvgIpc) is 3.24. The van der Waals surface area contributed by atoms with Crippen molar-refractivity contribution in [1.82, 2.24) is 4.90 Å². The SMILES string of the molecule is O=C(c1ccccc1F)N(Cc1ccccc1)CC1CC(c2ccc(Cl)c(Cl)c2)=NO1. The number of oxime groups is 1. The van der Waals surface area contributed by atoms with Crippen molar-refractivity contribution in [2.45, 2.75) is 19.1 Å². The maximum absolute atomic E-state index is 14.3. The van der Waals surface area contributed by atoms with Gasteiger partial charge in [-0.1, -0.05) is 76.9 Å². The average molecular weight is 457 g/mol. The zero-order chi connectivity index (χ0) is 21.8. The van der Waals surface area contributed by atoms with Crippen LogP contribution in [-0.4, -0.2) is 29.2 Å². The summed E-state index contributed by atoms with van der Waals surface area (Å²) in [4.78, 5) is 20.3. The number of rotatable bonds is 6. The summed E-state index contributed by atoms with van der Waals surface area (Å²) in [6.45, 7) is 0.590. The highest BCUT2D eigenvalue weighted by Crippen LogP contribution is 2.26. The third-order valence-electron chi connectivity index (χ3n) is 5.02. The lowest BCUT2D eigenvalue weighted by Gasteiger charge is -2.25. The molecule has 0 saturated carbocycles. The van der Waals surface area contributed by atoms with Gasteiger partial charge in [0.2, 0.25) is 0 Å². The van der Waals surface area contributed by atoms with Gasteiger partial charge in [0.15, 0.2) is 6.10 Å². The molecule has 0 aliphatic carbocycles. The second-order valence-electron chi connectivity index (χ2n) is 7.25. The molecule has 1 heterocycles. The van der Waals surface area contributed by atoms with Crippen molar-refractivity contribution in [1.29, 1.82) is 0 Å². The van der Waals surface area contributed by atoms with E-state index < -0.39 is 11.7 Å². The van der Waals surface area contributed by atoms with E-state index >= 15 is 0 Å². The summed E-state index contributed by atoms with van der Waals surface area (Å²) in [6, 6.07) is 20.8. The highest BCUT2D eigenvalue weighted by molar-refractivity contribution is 6.42. The molecule has 1 aliphatic heterocycles. The fourth-order valence-corrected chi connectivity index (χ4v) is 3.74. The number of carbonyl (C=O) groups excluding carboxylic acids is 1. The highest BCUT2D eigenvalue weighted by Gasteiger charge is 2.28. The molecule has 0 N–H and O–H groups in total. The van der Waals surface area contributed by atoms with E-state index in [1.54, 1.807) is 29.2 Å². The second kappa shape index (κ2) is 9.50. The van der Waals surface area contributed by atoms with Crippen LogP contribution in [0.4, 0.5) is 4.39 Å². The van der Waals surface area contributed by atoms with Crippen molar-refractivity contribution in [2.75, 3.05) is 6.54 Å². The molecule has 4 nitrogen and oxygen atoms in total. The Labute approximate surface area is 189 Å². The first-order valence-corrected chi connectivity index (χ1v) is 10.5. The number of amides is 1. The molecule has 0 saturated heterocycles. The van der Waals surface area contributed by atoms with Crippen molar-refractivity contribution >= 4 is 34.8 Å². The van der Waals surface area contributed by atoms with Crippen LogP contribution in [-0.2, 0) is 11.4 Å². The molecule has 1 atom stereocenters. The van der Waals surface area contributed by atoms with Crippen molar-refractivity contribution < 1.29 is 14.0 Å². The predicted octanol–water partition coefficient (Wildman–Crippen LogP) is 5.97. The van der Waals surface area contributed by atoms with Gasteiger partial charge in [0.1, 0.15) is 5.82 Å². The molecule has 31 heavy (non-hydrogen) atoms. The molecule has 1 amide bonds. The van der Waals surface area contributed by atoms with E-state index in [0.29, 0.717) is 23.0 Å². The largest absolute Gasteiger partial charge is 0.390 e. The van der Waals surface area contributed by atoms with Crippen LogP contribution in [0.3, 0.4) is 0 Å². The summed E-state index contributed by atoms with van der Waals surface area (Å²) >= 11 is 12.1. The Morgan fingerprint density at radius 3 is 2.52 bits per heavy atom. The number of carbonyl (C=O) groups is 1. The zero-order valence-corrected chi connectivity index (χ0v) is 18.0. The Kier molecular flexibility index (Phi) is 6.54. The van der Waals surface area contributed by atoms with E-state index in [-0.39, 0.29) is 18.2 Å². The summed E-state index contributed by atoms with van der Waals surface area (Å²) in [6.07, 6.45) is 0.136. The first-order valence-electron chi connectivity index (χ1n) is 9.77. The topological polar surface area (TPSA) is 41.9 Å². The first-order chi connectivity index (χ1) is 15.0. The van der Waals surface area contributed by atoms with E-state index in [1.165, 1.54) is 12.1 Å². The molecule has 0 fully saturated rings. The number of nitrogens with zero attached hydrogens (tertiary/aromatic N) is 2. The molecule has 1 aliphatic rings. The lowest BCUT2D eigenvalue weighted by Crippen LogP contribution is -2.37.